The highest BCUT2D eigenvalue weighted by Crippen LogP contribution is 2.27. The molecule has 0 amide bonds. The van der Waals surface area contributed by atoms with Gasteiger partial charge in [0.05, 0.1) is 5.69 Å². The molecule has 3 nitrogen and oxygen atoms in total. The molecule has 0 bridgehead atoms. The number of nitrogens with zero attached hydrogens (tertiary/aromatic N) is 1. The molecule has 0 aliphatic heterocycles. The Bertz CT molecular complexity index is 564. The van der Waals surface area contributed by atoms with Gasteiger partial charge in [0.15, 0.2) is 0 Å². The van der Waals surface area contributed by atoms with Gasteiger partial charge in [-0.1, -0.05) is 6.92 Å². The third kappa shape index (κ3) is 2.62. The van der Waals surface area contributed by atoms with Crippen molar-refractivity contribution in [2.75, 3.05) is 5.73 Å². The van der Waals surface area contributed by atoms with Crippen LogP contribution in [0.25, 0.3) is 0 Å². The van der Waals surface area contributed by atoms with E-state index >= 15 is 0 Å². The summed E-state index contributed by atoms with van der Waals surface area (Å²) in [5.41, 5.74) is 9.57. The summed E-state index contributed by atoms with van der Waals surface area (Å²) in [5.74, 6) is 1.61. The summed E-state index contributed by atoms with van der Waals surface area (Å²) in [6, 6.07) is 9.60. The van der Waals surface area contributed by atoms with E-state index < -0.39 is 0 Å². The van der Waals surface area contributed by atoms with Gasteiger partial charge in [-0.05, 0) is 56.2 Å². The fraction of sp³-hybridized carbons (Fsp3) is 0.267. The van der Waals surface area contributed by atoms with E-state index in [-0.39, 0.29) is 0 Å². The third-order valence-electron chi connectivity index (χ3n) is 2.88. The van der Waals surface area contributed by atoms with E-state index in [9.17, 15) is 0 Å². The number of nitrogens with two attached hydrogens (primary N) is 1. The number of anilines is 1. The lowest BCUT2D eigenvalue weighted by atomic mass is 10.2. The van der Waals surface area contributed by atoms with Crippen LogP contribution in [0.5, 0.6) is 11.5 Å². The van der Waals surface area contributed by atoms with Gasteiger partial charge >= 0.3 is 0 Å². The second-order valence-corrected chi connectivity index (χ2v) is 4.37. The first kappa shape index (κ1) is 12.4. The molecule has 2 aromatic rings. The van der Waals surface area contributed by atoms with Gasteiger partial charge in [0.2, 0.25) is 0 Å². The van der Waals surface area contributed by atoms with Crippen LogP contribution in [-0.4, -0.2) is 4.98 Å². The summed E-state index contributed by atoms with van der Waals surface area (Å²) in [7, 11) is 0. The smallest absolute Gasteiger partial charge is 0.148 e. The van der Waals surface area contributed by atoms with Crippen LogP contribution in [0.1, 0.15) is 23.9 Å². The van der Waals surface area contributed by atoms with E-state index in [4.69, 9.17) is 10.5 Å². The van der Waals surface area contributed by atoms with Crippen LogP contribution in [0.15, 0.2) is 30.3 Å². The summed E-state index contributed by atoms with van der Waals surface area (Å²) in [6.45, 7) is 6.02. The monoisotopic (exact) mass is 242 g/mol. The summed E-state index contributed by atoms with van der Waals surface area (Å²) >= 11 is 0. The molecule has 0 saturated carbocycles. The van der Waals surface area contributed by atoms with Crippen LogP contribution in [0, 0.1) is 13.8 Å². The predicted octanol–water partition coefficient (Wildman–Crippen LogP) is 3.64. The molecule has 1 aromatic carbocycles. The van der Waals surface area contributed by atoms with E-state index in [1.807, 2.05) is 44.2 Å². The first-order chi connectivity index (χ1) is 8.60. The SMILES string of the molecule is CCc1nc(C)ccc1Oc1ccc(N)c(C)c1. The molecule has 0 saturated heterocycles. The second kappa shape index (κ2) is 5.08. The van der Waals surface area contributed by atoms with Gasteiger partial charge in [-0.25, -0.2) is 0 Å². The summed E-state index contributed by atoms with van der Waals surface area (Å²) < 4.78 is 5.87. The molecule has 3 heteroatoms. The van der Waals surface area contributed by atoms with Crippen LogP contribution in [0.3, 0.4) is 0 Å². The molecule has 0 fully saturated rings. The van der Waals surface area contributed by atoms with Gasteiger partial charge in [-0.15, -0.1) is 0 Å². The minimum Gasteiger partial charge on any atom is -0.455 e. The largest absolute Gasteiger partial charge is 0.455 e. The van der Waals surface area contributed by atoms with Crippen molar-refractivity contribution in [3.8, 4) is 11.5 Å². The molecular weight excluding hydrogens is 224 g/mol. The van der Waals surface area contributed by atoms with Crippen LogP contribution in [0.2, 0.25) is 0 Å². The van der Waals surface area contributed by atoms with Crippen molar-refractivity contribution >= 4 is 5.69 Å². The zero-order valence-corrected chi connectivity index (χ0v) is 11.0. The predicted molar refractivity (Wildman–Crippen MR) is 74.0 cm³/mol. The molecular formula is C15H18N2O. The van der Waals surface area contributed by atoms with Crippen molar-refractivity contribution in [3.05, 3.63) is 47.3 Å². The first-order valence-corrected chi connectivity index (χ1v) is 6.10. The molecule has 1 aromatic heterocycles. The van der Waals surface area contributed by atoms with E-state index in [0.717, 1.165) is 40.6 Å². The normalized spacial score (nSPS) is 10.4. The molecule has 2 N–H and O–H groups in total. The molecule has 0 atom stereocenters. The third-order valence-corrected chi connectivity index (χ3v) is 2.88. The number of pyridine rings is 1. The molecule has 2 rings (SSSR count). The maximum Gasteiger partial charge on any atom is 0.148 e. The van der Waals surface area contributed by atoms with Crippen LogP contribution in [-0.2, 0) is 6.42 Å². The summed E-state index contributed by atoms with van der Waals surface area (Å²) in [6.07, 6.45) is 0.852. The highest BCUT2D eigenvalue weighted by Gasteiger charge is 2.06. The Hall–Kier alpha value is -2.03. The van der Waals surface area contributed by atoms with Crippen molar-refractivity contribution in [3.63, 3.8) is 0 Å². The molecule has 0 radical (unpaired) electrons. The van der Waals surface area contributed by atoms with Gasteiger partial charge in [0, 0.05) is 11.4 Å². The number of hydrogen-bond donors (Lipinski definition) is 1. The zero-order valence-electron chi connectivity index (χ0n) is 11.0. The number of rotatable bonds is 3. The molecule has 94 valence electrons. The maximum absolute atomic E-state index is 5.87. The summed E-state index contributed by atoms with van der Waals surface area (Å²) in [5, 5.41) is 0. The van der Waals surface area contributed by atoms with Crippen molar-refractivity contribution in [1.82, 2.24) is 4.98 Å². The quantitative estimate of drug-likeness (QED) is 0.836. The van der Waals surface area contributed by atoms with Gasteiger partial charge in [-0.2, -0.15) is 0 Å². The van der Waals surface area contributed by atoms with Crippen LogP contribution < -0.4 is 10.5 Å². The number of ether oxygens (including phenoxy) is 1. The molecule has 0 aliphatic rings. The average molecular weight is 242 g/mol. The lowest BCUT2D eigenvalue weighted by Gasteiger charge is -2.11. The Labute approximate surface area is 108 Å². The average Bonchev–Trinajstić information content (AvgIpc) is 2.36. The van der Waals surface area contributed by atoms with Crippen LogP contribution in [0.4, 0.5) is 5.69 Å². The number of nitrogen functional groups attached to an aromatic ring is 1. The Morgan fingerprint density at radius 2 is 1.94 bits per heavy atom. The van der Waals surface area contributed by atoms with Gasteiger partial charge in [-0.3, -0.25) is 4.98 Å². The minimum atomic E-state index is 0.778. The Kier molecular flexibility index (Phi) is 3.51. The van der Waals surface area contributed by atoms with E-state index in [2.05, 4.69) is 11.9 Å². The Morgan fingerprint density at radius 1 is 1.17 bits per heavy atom. The lowest BCUT2D eigenvalue weighted by Crippen LogP contribution is -1.96. The van der Waals surface area contributed by atoms with E-state index in [0.29, 0.717) is 0 Å². The number of aryl methyl sites for hydroxylation is 3. The molecule has 0 unspecified atom stereocenters. The highest BCUT2D eigenvalue weighted by atomic mass is 16.5. The second-order valence-electron chi connectivity index (χ2n) is 4.37. The molecule has 0 spiro atoms. The minimum absolute atomic E-state index is 0.778. The van der Waals surface area contributed by atoms with Crippen molar-refractivity contribution in [1.29, 1.82) is 0 Å². The fourth-order valence-electron chi connectivity index (χ4n) is 1.78. The number of aromatic nitrogens is 1. The van der Waals surface area contributed by atoms with Crippen molar-refractivity contribution < 1.29 is 4.74 Å². The van der Waals surface area contributed by atoms with Gasteiger partial charge < -0.3 is 10.5 Å². The standard InChI is InChI=1S/C15H18N2O/c1-4-14-15(8-5-11(3)17-14)18-12-6-7-13(16)10(2)9-12/h5-9H,4,16H2,1-3H3. The number of hydrogen-bond acceptors (Lipinski definition) is 3. The topological polar surface area (TPSA) is 48.1 Å². The van der Waals surface area contributed by atoms with Gasteiger partial charge in [0.25, 0.3) is 0 Å². The van der Waals surface area contributed by atoms with E-state index in [1.54, 1.807) is 0 Å². The van der Waals surface area contributed by atoms with E-state index in [1.165, 1.54) is 0 Å². The maximum atomic E-state index is 5.87. The first-order valence-electron chi connectivity index (χ1n) is 6.10. The molecule has 0 aliphatic carbocycles. The molecule has 18 heavy (non-hydrogen) atoms. The zero-order chi connectivity index (χ0) is 13.1. The van der Waals surface area contributed by atoms with Crippen LogP contribution >= 0.6 is 0 Å². The highest BCUT2D eigenvalue weighted by molar-refractivity contribution is 5.50. The summed E-state index contributed by atoms with van der Waals surface area (Å²) in [4.78, 5) is 4.48. The number of benzene rings is 1. The Balaban J connectivity index is 2.30. The lowest BCUT2D eigenvalue weighted by molar-refractivity contribution is 0.472. The Morgan fingerprint density at radius 3 is 2.61 bits per heavy atom. The molecule has 1 heterocycles. The van der Waals surface area contributed by atoms with Crippen molar-refractivity contribution in [2.24, 2.45) is 0 Å². The van der Waals surface area contributed by atoms with Gasteiger partial charge in [0.1, 0.15) is 11.5 Å². The fourth-order valence-corrected chi connectivity index (χ4v) is 1.78. The van der Waals surface area contributed by atoms with Crippen molar-refractivity contribution in [2.45, 2.75) is 27.2 Å².